The molecule has 1 aliphatic rings. The first kappa shape index (κ1) is 20.7. The molecule has 5 rings (SSSR count). The molecular weight excluding hydrogens is 418 g/mol. The summed E-state index contributed by atoms with van der Waals surface area (Å²) in [4.78, 5) is 5.70. The van der Waals surface area contributed by atoms with E-state index in [1.807, 2.05) is 24.3 Å². The van der Waals surface area contributed by atoms with E-state index in [1.165, 1.54) is 17.2 Å². The Labute approximate surface area is 182 Å². The largest absolute Gasteiger partial charge is 0.449 e. The van der Waals surface area contributed by atoms with Crippen molar-refractivity contribution in [3.63, 3.8) is 0 Å². The second-order valence-electron chi connectivity index (χ2n) is 8.29. The highest BCUT2D eigenvalue weighted by atomic mass is 19.4. The van der Waals surface area contributed by atoms with Gasteiger partial charge in [-0.3, -0.25) is 0 Å². The molecule has 0 unspecified atom stereocenters. The van der Waals surface area contributed by atoms with Gasteiger partial charge in [-0.2, -0.15) is 13.2 Å². The van der Waals surface area contributed by atoms with Crippen molar-refractivity contribution in [2.45, 2.75) is 38.0 Å². The highest BCUT2D eigenvalue weighted by Crippen LogP contribution is 2.30. The fourth-order valence-electron chi connectivity index (χ4n) is 4.30. The lowest BCUT2D eigenvalue weighted by Crippen LogP contribution is -2.28. The highest BCUT2D eigenvalue weighted by molar-refractivity contribution is 5.76. The summed E-state index contributed by atoms with van der Waals surface area (Å²) in [5.41, 5.74) is 5.26. The van der Waals surface area contributed by atoms with E-state index in [4.69, 9.17) is 0 Å². The molecule has 1 aliphatic carbocycles. The first-order valence-electron chi connectivity index (χ1n) is 10.5. The standard InChI is InChI=1S/C25H21F4N3/c26-21-13-23-22(31-24(32-23)25(27,28)29)12-19(21)9-15-5-7-16(8-6-15)14-30-20-10-17-3-1-2-4-18(17)11-20/h1-8,12-13,20,30H,9-11,14H2,(H,31,32). The van der Waals surface area contributed by atoms with Gasteiger partial charge in [0.25, 0.3) is 0 Å². The third kappa shape index (κ3) is 4.25. The Bertz CT molecular complexity index is 1230. The van der Waals surface area contributed by atoms with Crippen molar-refractivity contribution in [1.82, 2.24) is 15.3 Å². The molecule has 0 saturated heterocycles. The number of nitrogens with one attached hydrogen (secondary N) is 2. The number of halogens is 4. The van der Waals surface area contributed by atoms with Crippen molar-refractivity contribution < 1.29 is 17.6 Å². The van der Waals surface area contributed by atoms with Gasteiger partial charge in [-0.1, -0.05) is 48.5 Å². The minimum absolute atomic E-state index is 0.0362. The predicted octanol–water partition coefficient (Wildman–Crippen LogP) is 5.57. The van der Waals surface area contributed by atoms with Crippen LogP contribution in [0.5, 0.6) is 0 Å². The summed E-state index contributed by atoms with van der Waals surface area (Å²) in [6.07, 6.45) is -2.26. The maximum absolute atomic E-state index is 14.5. The van der Waals surface area contributed by atoms with Crippen LogP contribution in [0, 0.1) is 5.82 Å². The molecule has 0 spiro atoms. The van der Waals surface area contributed by atoms with Gasteiger partial charge in [0, 0.05) is 19.0 Å². The second kappa shape index (κ2) is 8.06. The zero-order valence-electron chi connectivity index (χ0n) is 17.1. The number of imidazole rings is 1. The zero-order chi connectivity index (χ0) is 22.3. The van der Waals surface area contributed by atoms with Gasteiger partial charge in [0.15, 0.2) is 0 Å². The number of fused-ring (bicyclic) bond motifs is 2. The average molecular weight is 439 g/mol. The van der Waals surface area contributed by atoms with Gasteiger partial charge in [0.2, 0.25) is 5.82 Å². The van der Waals surface area contributed by atoms with Crippen molar-refractivity contribution >= 4 is 11.0 Å². The lowest BCUT2D eigenvalue weighted by atomic mass is 10.0. The number of aromatic nitrogens is 2. The molecule has 0 fully saturated rings. The Kier molecular flexibility index (Phi) is 5.21. The SMILES string of the molecule is Fc1cc2[nH]c(C(F)(F)F)nc2cc1Cc1ccc(CNC2Cc3ccccc3C2)cc1. The molecule has 0 saturated carbocycles. The number of hydrogen-bond donors (Lipinski definition) is 2. The number of H-pyrrole nitrogens is 1. The summed E-state index contributed by atoms with van der Waals surface area (Å²) in [5.74, 6) is -1.67. The Morgan fingerprint density at radius 1 is 0.938 bits per heavy atom. The van der Waals surface area contributed by atoms with Crippen LogP contribution in [-0.4, -0.2) is 16.0 Å². The summed E-state index contributed by atoms with van der Waals surface area (Å²) < 4.78 is 53.0. The molecule has 0 radical (unpaired) electrons. The molecule has 0 amide bonds. The predicted molar refractivity (Wildman–Crippen MR) is 115 cm³/mol. The minimum atomic E-state index is -4.60. The Hall–Kier alpha value is -3.19. The number of aromatic amines is 1. The molecular formula is C25H21F4N3. The molecule has 3 nitrogen and oxygen atoms in total. The molecule has 7 heteroatoms. The third-order valence-electron chi connectivity index (χ3n) is 5.98. The normalized spacial score (nSPS) is 14.2. The first-order valence-corrected chi connectivity index (χ1v) is 10.5. The molecule has 0 atom stereocenters. The molecule has 0 aliphatic heterocycles. The first-order chi connectivity index (χ1) is 15.3. The summed E-state index contributed by atoms with van der Waals surface area (Å²) in [5, 5.41) is 3.59. The summed E-state index contributed by atoms with van der Waals surface area (Å²) in [6, 6.07) is 19.2. The highest BCUT2D eigenvalue weighted by Gasteiger charge is 2.34. The number of rotatable bonds is 5. The van der Waals surface area contributed by atoms with Crippen LogP contribution in [0.2, 0.25) is 0 Å². The van der Waals surface area contributed by atoms with Gasteiger partial charge in [0.05, 0.1) is 11.0 Å². The third-order valence-corrected chi connectivity index (χ3v) is 5.98. The molecule has 1 aromatic heterocycles. The maximum Gasteiger partial charge on any atom is 0.449 e. The summed E-state index contributed by atoms with van der Waals surface area (Å²) >= 11 is 0. The van der Waals surface area contributed by atoms with Gasteiger partial charge in [-0.05, 0) is 52.8 Å². The lowest BCUT2D eigenvalue weighted by Gasteiger charge is -2.12. The molecule has 0 bridgehead atoms. The molecule has 32 heavy (non-hydrogen) atoms. The van der Waals surface area contributed by atoms with Crippen LogP contribution in [-0.2, 0) is 32.0 Å². The van der Waals surface area contributed by atoms with Crippen molar-refractivity contribution in [3.8, 4) is 0 Å². The second-order valence-corrected chi connectivity index (χ2v) is 8.29. The van der Waals surface area contributed by atoms with Crippen LogP contribution < -0.4 is 5.32 Å². The molecule has 164 valence electrons. The van der Waals surface area contributed by atoms with Crippen LogP contribution in [0.3, 0.4) is 0 Å². The average Bonchev–Trinajstić information content (AvgIpc) is 3.37. The fraction of sp³-hybridized carbons (Fsp3) is 0.240. The van der Waals surface area contributed by atoms with E-state index in [1.54, 1.807) is 0 Å². The number of hydrogen-bond acceptors (Lipinski definition) is 2. The van der Waals surface area contributed by atoms with Crippen molar-refractivity contribution in [2.75, 3.05) is 0 Å². The maximum atomic E-state index is 14.5. The Morgan fingerprint density at radius 3 is 2.25 bits per heavy atom. The van der Waals surface area contributed by atoms with E-state index < -0.39 is 17.8 Å². The van der Waals surface area contributed by atoms with Gasteiger partial charge in [0.1, 0.15) is 5.82 Å². The van der Waals surface area contributed by atoms with Crippen molar-refractivity contribution in [1.29, 1.82) is 0 Å². The molecule has 2 N–H and O–H groups in total. The van der Waals surface area contributed by atoms with Crippen LogP contribution in [0.1, 0.15) is 33.6 Å². The van der Waals surface area contributed by atoms with Gasteiger partial charge in [-0.25, -0.2) is 9.37 Å². The fourth-order valence-corrected chi connectivity index (χ4v) is 4.30. The Balaban J connectivity index is 1.24. The topological polar surface area (TPSA) is 40.7 Å². The quantitative estimate of drug-likeness (QED) is 0.399. The van der Waals surface area contributed by atoms with E-state index in [9.17, 15) is 17.6 Å². The van der Waals surface area contributed by atoms with Gasteiger partial charge < -0.3 is 10.3 Å². The van der Waals surface area contributed by atoms with Crippen LogP contribution in [0.4, 0.5) is 17.6 Å². The van der Waals surface area contributed by atoms with Crippen LogP contribution >= 0.6 is 0 Å². The van der Waals surface area contributed by atoms with E-state index in [0.717, 1.165) is 36.6 Å². The van der Waals surface area contributed by atoms with Gasteiger partial charge in [-0.15, -0.1) is 0 Å². The van der Waals surface area contributed by atoms with E-state index in [0.29, 0.717) is 11.6 Å². The van der Waals surface area contributed by atoms with Gasteiger partial charge >= 0.3 is 6.18 Å². The number of alkyl halides is 3. The van der Waals surface area contributed by atoms with E-state index >= 15 is 0 Å². The van der Waals surface area contributed by atoms with Crippen LogP contribution in [0.25, 0.3) is 11.0 Å². The summed E-state index contributed by atoms with van der Waals surface area (Å²) in [6.45, 7) is 0.743. The molecule has 3 aromatic carbocycles. The Morgan fingerprint density at radius 2 is 1.59 bits per heavy atom. The van der Waals surface area contributed by atoms with Crippen LogP contribution in [0.15, 0.2) is 60.7 Å². The lowest BCUT2D eigenvalue weighted by molar-refractivity contribution is -0.144. The number of benzene rings is 3. The van der Waals surface area contributed by atoms with E-state index in [2.05, 4.69) is 39.6 Å². The molecule has 1 heterocycles. The van der Waals surface area contributed by atoms with E-state index in [-0.39, 0.29) is 17.5 Å². The summed E-state index contributed by atoms with van der Waals surface area (Å²) in [7, 11) is 0. The minimum Gasteiger partial charge on any atom is -0.334 e. The monoisotopic (exact) mass is 439 g/mol. The van der Waals surface area contributed by atoms with Crippen molar-refractivity contribution in [2.24, 2.45) is 0 Å². The number of nitrogens with zero attached hydrogens (tertiary/aromatic N) is 1. The van der Waals surface area contributed by atoms with Crippen molar-refractivity contribution in [3.05, 3.63) is 100 Å². The smallest absolute Gasteiger partial charge is 0.334 e. The zero-order valence-corrected chi connectivity index (χ0v) is 17.1. The molecule has 4 aromatic rings.